The van der Waals surface area contributed by atoms with E-state index in [0.717, 1.165) is 44.2 Å². The fourth-order valence-corrected chi connectivity index (χ4v) is 6.89. The second-order valence-electron chi connectivity index (χ2n) is 11.4. The Morgan fingerprint density at radius 3 is 1.26 bits per heavy atom. The summed E-state index contributed by atoms with van der Waals surface area (Å²) in [7, 11) is 3.23. The van der Waals surface area contributed by atoms with Gasteiger partial charge < -0.3 is 19.7 Å². The zero-order chi connectivity index (χ0) is 37.5. The molecule has 0 saturated carbocycles. The molecule has 12 heteroatoms. The van der Waals surface area contributed by atoms with E-state index in [1.54, 1.807) is 86.6 Å². The van der Waals surface area contributed by atoms with Gasteiger partial charge in [-0.2, -0.15) is 20.5 Å². The Balaban J connectivity index is 1.06. The molecule has 0 amide bonds. The van der Waals surface area contributed by atoms with Crippen molar-refractivity contribution in [3.05, 3.63) is 145 Å². The van der Waals surface area contributed by atoms with Crippen LogP contribution >= 0.6 is 23.5 Å². The van der Waals surface area contributed by atoms with Gasteiger partial charge in [0.2, 0.25) is 0 Å². The molecule has 6 aromatic carbocycles. The first-order valence-corrected chi connectivity index (χ1v) is 18.7. The molecular weight excluding hydrogens is 717 g/mol. The molecule has 2 N–H and O–H groups in total. The van der Waals surface area contributed by atoms with Crippen LogP contribution in [0.4, 0.5) is 34.1 Å². The first kappa shape index (κ1) is 37.5. The maximum Gasteiger partial charge on any atom is 0.124 e. The van der Waals surface area contributed by atoms with Gasteiger partial charge >= 0.3 is 0 Å². The van der Waals surface area contributed by atoms with E-state index >= 15 is 0 Å². The first-order chi connectivity index (χ1) is 26.5. The molecular formula is C42H36N6O4S2. The van der Waals surface area contributed by atoms with Crippen LogP contribution in [0.25, 0.3) is 0 Å². The van der Waals surface area contributed by atoms with Crippen molar-refractivity contribution in [1.29, 1.82) is 0 Å². The van der Waals surface area contributed by atoms with Gasteiger partial charge in [-0.15, -0.1) is 23.5 Å². The van der Waals surface area contributed by atoms with Crippen molar-refractivity contribution in [2.24, 2.45) is 30.4 Å². The summed E-state index contributed by atoms with van der Waals surface area (Å²) >= 11 is 3.41. The number of azo groups is 2. The summed E-state index contributed by atoms with van der Waals surface area (Å²) < 4.78 is 10.4. The van der Waals surface area contributed by atoms with Crippen LogP contribution in [0, 0.1) is 0 Å². The summed E-state index contributed by atoms with van der Waals surface area (Å²) in [6, 6.07) is 40.4. The van der Waals surface area contributed by atoms with Gasteiger partial charge in [0.25, 0.3) is 0 Å². The molecule has 0 heterocycles. The lowest BCUT2D eigenvalue weighted by molar-refractivity contribution is 0.414. The van der Waals surface area contributed by atoms with Crippen molar-refractivity contribution in [1.82, 2.24) is 0 Å². The summed E-state index contributed by atoms with van der Waals surface area (Å²) in [6.45, 7) is 0. The Bertz CT molecular complexity index is 2130. The van der Waals surface area contributed by atoms with E-state index in [-0.39, 0.29) is 11.5 Å². The predicted molar refractivity (Wildman–Crippen MR) is 219 cm³/mol. The number of aliphatic imine (C=N–C) groups is 2. The maximum atomic E-state index is 10.5. The minimum absolute atomic E-state index is 0.100. The molecule has 0 aliphatic rings. The standard InChI is InChI=1S/C42H36N6O4S2/c1-51-35-17-11-31(12-18-35)45-47-33-15-21-39(49)29(25-33)27-43-37-7-3-5-9-41(37)53-23-24-54-42-10-6-4-8-38(42)44-28-30-26-34(16-22-40(30)50)48-46-32-13-19-36(52-2)20-14-32/h3-22,25-28,49-50H,23-24H2,1-2H3. The van der Waals surface area contributed by atoms with Gasteiger partial charge in [0, 0.05) is 44.9 Å². The SMILES string of the molecule is COc1ccc(N=Nc2ccc(O)c(C=Nc3ccccc3SCCSc3ccccc3N=Cc3cc(N=Nc4ccc(OC)cc4)ccc3O)c2)cc1. The maximum absolute atomic E-state index is 10.5. The number of rotatable bonds is 15. The minimum atomic E-state index is 0.100. The predicted octanol–water partition coefficient (Wildman–Crippen LogP) is 12.3. The number of phenols is 2. The van der Waals surface area contributed by atoms with E-state index in [4.69, 9.17) is 19.5 Å². The van der Waals surface area contributed by atoms with Gasteiger partial charge in [0.15, 0.2) is 0 Å². The Morgan fingerprint density at radius 1 is 0.481 bits per heavy atom. The summed E-state index contributed by atoms with van der Waals surface area (Å²) in [5.74, 6) is 3.33. The van der Waals surface area contributed by atoms with Crippen molar-refractivity contribution in [3.8, 4) is 23.0 Å². The second kappa shape index (κ2) is 19.0. The van der Waals surface area contributed by atoms with Crippen molar-refractivity contribution in [2.45, 2.75) is 9.79 Å². The third-order valence-corrected chi connectivity index (χ3v) is 10.1. The number of hydrogen-bond acceptors (Lipinski definition) is 12. The van der Waals surface area contributed by atoms with E-state index in [0.29, 0.717) is 33.9 Å². The number of benzene rings is 6. The van der Waals surface area contributed by atoms with Gasteiger partial charge in [-0.1, -0.05) is 24.3 Å². The fourth-order valence-electron chi connectivity index (χ4n) is 4.90. The Labute approximate surface area is 322 Å². The molecule has 6 aromatic rings. The van der Waals surface area contributed by atoms with Gasteiger partial charge in [0.05, 0.1) is 48.3 Å². The number of ether oxygens (including phenoxy) is 2. The van der Waals surface area contributed by atoms with Crippen molar-refractivity contribution < 1.29 is 19.7 Å². The molecule has 54 heavy (non-hydrogen) atoms. The highest BCUT2D eigenvalue weighted by Crippen LogP contribution is 2.34. The molecule has 0 atom stereocenters. The van der Waals surface area contributed by atoms with Crippen molar-refractivity contribution >= 4 is 70.1 Å². The zero-order valence-electron chi connectivity index (χ0n) is 29.5. The molecule has 0 bridgehead atoms. The topological polar surface area (TPSA) is 133 Å². The zero-order valence-corrected chi connectivity index (χ0v) is 31.1. The van der Waals surface area contributed by atoms with E-state index < -0.39 is 0 Å². The van der Waals surface area contributed by atoms with Crippen molar-refractivity contribution in [3.63, 3.8) is 0 Å². The lowest BCUT2D eigenvalue weighted by atomic mass is 10.2. The van der Waals surface area contributed by atoms with Crippen LogP contribution in [0.15, 0.2) is 174 Å². The highest BCUT2D eigenvalue weighted by Gasteiger charge is 2.07. The lowest BCUT2D eigenvalue weighted by Crippen LogP contribution is -1.87. The second-order valence-corrected chi connectivity index (χ2v) is 13.7. The Hall–Kier alpha value is -6.24. The number of phenolic OH excluding ortho intramolecular Hbond substituents is 2. The van der Waals surface area contributed by atoms with Gasteiger partial charge in [-0.25, -0.2) is 0 Å². The molecule has 0 radical (unpaired) electrons. The van der Waals surface area contributed by atoms with Gasteiger partial charge in [-0.05, 0) is 109 Å². The Morgan fingerprint density at radius 2 is 0.852 bits per heavy atom. The largest absolute Gasteiger partial charge is 0.507 e. The fraction of sp³-hybridized carbons (Fsp3) is 0.0952. The molecule has 270 valence electrons. The van der Waals surface area contributed by atoms with Crippen LogP contribution in [-0.4, -0.2) is 48.4 Å². The van der Waals surface area contributed by atoms with Gasteiger partial charge in [0.1, 0.15) is 23.0 Å². The quantitative estimate of drug-likeness (QED) is 0.0464. The summed E-state index contributed by atoms with van der Waals surface area (Å²) in [5.41, 5.74) is 5.22. The third-order valence-electron chi connectivity index (χ3n) is 7.74. The van der Waals surface area contributed by atoms with E-state index in [1.165, 1.54) is 0 Å². The average molecular weight is 753 g/mol. The molecule has 10 nitrogen and oxygen atoms in total. The van der Waals surface area contributed by atoms with E-state index in [9.17, 15) is 10.2 Å². The first-order valence-electron chi connectivity index (χ1n) is 16.8. The van der Waals surface area contributed by atoms with Crippen LogP contribution in [0.1, 0.15) is 11.1 Å². The molecule has 0 spiro atoms. The monoisotopic (exact) mass is 752 g/mol. The number of para-hydroxylation sites is 2. The van der Waals surface area contributed by atoms with Gasteiger partial charge in [-0.3, -0.25) is 9.98 Å². The van der Waals surface area contributed by atoms with Crippen LogP contribution in [0.3, 0.4) is 0 Å². The van der Waals surface area contributed by atoms with E-state index in [2.05, 4.69) is 20.5 Å². The van der Waals surface area contributed by atoms with Crippen LogP contribution in [0.5, 0.6) is 23.0 Å². The van der Waals surface area contributed by atoms with Crippen LogP contribution < -0.4 is 9.47 Å². The summed E-state index contributed by atoms with van der Waals surface area (Å²) in [4.78, 5) is 11.5. The summed E-state index contributed by atoms with van der Waals surface area (Å²) in [5, 5.41) is 38.2. The lowest BCUT2D eigenvalue weighted by Gasteiger charge is -2.07. The van der Waals surface area contributed by atoms with Crippen molar-refractivity contribution in [2.75, 3.05) is 25.7 Å². The van der Waals surface area contributed by atoms with E-state index in [1.807, 2.05) is 97.1 Å². The number of nitrogens with zero attached hydrogens (tertiary/aromatic N) is 6. The number of hydrogen-bond donors (Lipinski definition) is 2. The third kappa shape index (κ3) is 10.7. The highest BCUT2D eigenvalue weighted by atomic mass is 32.2. The number of methoxy groups -OCH3 is 2. The van der Waals surface area contributed by atoms with Crippen LogP contribution in [0.2, 0.25) is 0 Å². The summed E-state index contributed by atoms with van der Waals surface area (Å²) in [6.07, 6.45) is 3.28. The Kier molecular flexibility index (Phi) is 13.2. The molecule has 0 fully saturated rings. The number of thioether (sulfide) groups is 2. The molecule has 0 aliphatic heterocycles. The highest BCUT2D eigenvalue weighted by molar-refractivity contribution is 8.03. The normalized spacial score (nSPS) is 11.7. The molecule has 0 saturated heterocycles. The molecule has 0 aromatic heterocycles. The minimum Gasteiger partial charge on any atom is -0.507 e. The smallest absolute Gasteiger partial charge is 0.124 e. The molecule has 6 rings (SSSR count). The molecule has 0 unspecified atom stereocenters. The van der Waals surface area contributed by atoms with Crippen LogP contribution in [-0.2, 0) is 0 Å². The molecule has 0 aliphatic carbocycles. The number of aromatic hydroxyl groups is 2. The average Bonchev–Trinajstić information content (AvgIpc) is 3.22.